The molecule has 0 bridgehead atoms. The van der Waals surface area contributed by atoms with Gasteiger partial charge in [-0.2, -0.15) is 0 Å². The van der Waals surface area contributed by atoms with Crippen molar-refractivity contribution in [2.75, 3.05) is 44.9 Å². The quantitative estimate of drug-likeness (QED) is 0.564. The molecule has 0 amide bonds. The van der Waals surface area contributed by atoms with Gasteiger partial charge < -0.3 is 19.5 Å². The van der Waals surface area contributed by atoms with Gasteiger partial charge in [0.15, 0.2) is 5.78 Å². The Balaban J connectivity index is 1.93. The molecule has 22 heavy (non-hydrogen) atoms. The van der Waals surface area contributed by atoms with E-state index in [-0.39, 0.29) is 12.4 Å². The second kappa shape index (κ2) is 11.9. The third kappa shape index (κ3) is 9.31. The molecule has 0 unspecified atom stereocenters. The fourth-order valence-corrected chi connectivity index (χ4v) is 1.68. The highest BCUT2D eigenvalue weighted by Crippen LogP contribution is 2.11. The number of carbonyl (C=O) groups excluding carboxylic acids is 1. The first-order valence-corrected chi connectivity index (χ1v) is 7.70. The molecular formula is C16H26N2O4. The van der Waals surface area contributed by atoms with E-state index in [4.69, 9.17) is 14.2 Å². The molecule has 1 N–H and O–H groups in total. The smallest absolute Gasteiger partial charge is 0.155 e. The van der Waals surface area contributed by atoms with Gasteiger partial charge in [-0.15, -0.1) is 0 Å². The number of carbonyl (C=O) groups is 1. The van der Waals surface area contributed by atoms with Gasteiger partial charge in [0, 0.05) is 32.8 Å². The molecular weight excluding hydrogens is 284 g/mol. The number of anilines is 1. The average molecular weight is 310 g/mol. The number of rotatable bonds is 13. The lowest BCUT2D eigenvalue weighted by Gasteiger charge is -2.08. The van der Waals surface area contributed by atoms with E-state index in [1.807, 2.05) is 19.1 Å². The standard InChI is InChI=1S/C16H26N2O4/c1-3-17-16-7-6-15(12-18-16)22-11-5-9-20-8-4-10-21-13-14(2)19/h6-7,12H,3-5,8-11,13H2,1-2H3,(H,17,18). The minimum Gasteiger partial charge on any atom is -0.492 e. The van der Waals surface area contributed by atoms with Crippen molar-refractivity contribution in [1.29, 1.82) is 0 Å². The van der Waals surface area contributed by atoms with Gasteiger partial charge in [-0.25, -0.2) is 4.98 Å². The van der Waals surface area contributed by atoms with E-state index in [1.54, 1.807) is 6.20 Å². The van der Waals surface area contributed by atoms with Crippen LogP contribution in [0.3, 0.4) is 0 Å². The van der Waals surface area contributed by atoms with Gasteiger partial charge in [-0.1, -0.05) is 0 Å². The molecule has 6 nitrogen and oxygen atoms in total. The van der Waals surface area contributed by atoms with Crippen LogP contribution in [0.25, 0.3) is 0 Å². The number of nitrogens with one attached hydrogen (secondary N) is 1. The SMILES string of the molecule is CCNc1ccc(OCCCOCCCOCC(C)=O)cn1. The van der Waals surface area contributed by atoms with Gasteiger partial charge in [0.2, 0.25) is 0 Å². The van der Waals surface area contributed by atoms with Gasteiger partial charge in [0.25, 0.3) is 0 Å². The molecule has 1 aromatic heterocycles. The fraction of sp³-hybridized carbons (Fsp3) is 0.625. The molecule has 0 radical (unpaired) electrons. The van der Waals surface area contributed by atoms with E-state index in [0.717, 1.165) is 31.0 Å². The Labute approximate surface area is 132 Å². The van der Waals surface area contributed by atoms with Crippen molar-refractivity contribution in [3.8, 4) is 5.75 Å². The molecule has 0 atom stereocenters. The van der Waals surface area contributed by atoms with Gasteiger partial charge in [-0.3, -0.25) is 4.79 Å². The monoisotopic (exact) mass is 310 g/mol. The van der Waals surface area contributed by atoms with Crippen LogP contribution < -0.4 is 10.1 Å². The van der Waals surface area contributed by atoms with Crippen molar-refractivity contribution in [3.05, 3.63) is 18.3 Å². The van der Waals surface area contributed by atoms with Gasteiger partial charge >= 0.3 is 0 Å². The van der Waals surface area contributed by atoms with E-state index in [2.05, 4.69) is 10.3 Å². The summed E-state index contributed by atoms with van der Waals surface area (Å²) in [5, 5.41) is 3.13. The van der Waals surface area contributed by atoms with Crippen molar-refractivity contribution in [2.45, 2.75) is 26.7 Å². The number of ketones is 1. The highest BCUT2D eigenvalue weighted by molar-refractivity contribution is 5.76. The van der Waals surface area contributed by atoms with Crippen LogP contribution in [-0.4, -0.2) is 50.3 Å². The van der Waals surface area contributed by atoms with Crippen LogP contribution in [0.1, 0.15) is 26.7 Å². The van der Waals surface area contributed by atoms with Crippen LogP contribution >= 0.6 is 0 Å². The van der Waals surface area contributed by atoms with Crippen molar-refractivity contribution in [3.63, 3.8) is 0 Å². The highest BCUT2D eigenvalue weighted by atomic mass is 16.5. The maximum Gasteiger partial charge on any atom is 0.155 e. The van der Waals surface area contributed by atoms with Crippen LogP contribution in [0.5, 0.6) is 5.75 Å². The predicted octanol–water partition coefficient (Wildman–Crippen LogP) is 2.29. The molecule has 0 aliphatic carbocycles. The largest absolute Gasteiger partial charge is 0.492 e. The first-order valence-electron chi connectivity index (χ1n) is 7.70. The van der Waals surface area contributed by atoms with Crippen molar-refractivity contribution in [2.24, 2.45) is 0 Å². The second-order valence-corrected chi connectivity index (χ2v) is 4.83. The Hall–Kier alpha value is -1.66. The third-order valence-corrected chi connectivity index (χ3v) is 2.68. The summed E-state index contributed by atoms with van der Waals surface area (Å²) >= 11 is 0. The molecule has 0 saturated carbocycles. The molecule has 0 aromatic carbocycles. The minimum atomic E-state index is 0.0473. The lowest BCUT2D eigenvalue weighted by atomic mass is 10.4. The Morgan fingerprint density at radius 3 is 2.50 bits per heavy atom. The zero-order valence-corrected chi connectivity index (χ0v) is 13.5. The van der Waals surface area contributed by atoms with Crippen molar-refractivity contribution >= 4 is 11.6 Å². The van der Waals surface area contributed by atoms with E-state index in [0.29, 0.717) is 26.4 Å². The normalized spacial score (nSPS) is 10.5. The summed E-state index contributed by atoms with van der Waals surface area (Å²) in [5.41, 5.74) is 0. The van der Waals surface area contributed by atoms with Crippen LogP contribution in [0.15, 0.2) is 18.3 Å². The Morgan fingerprint density at radius 2 is 1.86 bits per heavy atom. The van der Waals surface area contributed by atoms with E-state index >= 15 is 0 Å². The third-order valence-electron chi connectivity index (χ3n) is 2.68. The maximum atomic E-state index is 10.6. The Kier molecular flexibility index (Phi) is 9.98. The number of hydrogen-bond donors (Lipinski definition) is 1. The zero-order chi connectivity index (χ0) is 16.0. The van der Waals surface area contributed by atoms with E-state index in [9.17, 15) is 4.79 Å². The van der Waals surface area contributed by atoms with Crippen molar-refractivity contribution in [1.82, 2.24) is 4.98 Å². The minimum absolute atomic E-state index is 0.0473. The number of ether oxygens (including phenoxy) is 3. The van der Waals surface area contributed by atoms with E-state index in [1.165, 1.54) is 6.92 Å². The number of pyridine rings is 1. The van der Waals surface area contributed by atoms with E-state index < -0.39 is 0 Å². The number of nitrogens with zero attached hydrogens (tertiary/aromatic N) is 1. The Morgan fingerprint density at radius 1 is 1.14 bits per heavy atom. The molecule has 0 saturated heterocycles. The molecule has 1 rings (SSSR count). The molecule has 1 heterocycles. The Bertz CT molecular complexity index is 409. The molecule has 124 valence electrons. The van der Waals surface area contributed by atoms with Crippen LogP contribution in [-0.2, 0) is 14.3 Å². The van der Waals surface area contributed by atoms with Gasteiger partial charge in [0.05, 0.1) is 12.8 Å². The van der Waals surface area contributed by atoms with Gasteiger partial charge in [0.1, 0.15) is 18.2 Å². The molecule has 6 heteroatoms. The summed E-state index contributed by atoms with van der Waals surface area (Å²) in [4.78, 5) is 14.9. The highest BCUT2D eigenvalue weighted by Gasteiger charge is 1.97. The molecule has 0 fully saturated rings. The first-order chi connectivity index (χ1) is 10.7. The fourth-order valence-electron chi connectivity index (χ4n) is 1.68. The zero-order valence-electron chi connectivity index (χ0n) is 13.5. The summed E-state index contributed by atoms with van der Waals surface area (Å²) in [6, 6.07) is 3.80. The predicted molar refractivity (Wildman–Crippen MR) is 85.4 cm³/mol. The topological polar surface area (TPSA) is 69.7 Å². The lowest BCUT2D eigenvalue weighted by Crippen LogP contribution is -2.08. The first kappa shape index (κ1) is 18.4. The summed E-state index contributed by atoms with van der Waals surface area (Å²) in [6.45, 7) is 7.02. The lowest BCUT2D eigenvalue weighted by molar-refractivity contribution is -0.121. The summed E-state index contributed by atoms with van der Waals surface area (Å²) in [6.07, 6.45) is 3.33. The average Bonchev–Trinajstić information content (AvgIpc) is 2.51. The molecule has 0 aliphatic rings. The van der Waals surface area contributed by atoms with Crippen LogP contribution in [0, 0.1) is 0 Å². The second-order valence-electron chi connectivity index (χ2n) is 4.83. The number of Topliss-reactive ketones (excluding diaryl/α,β-unsaturated/α-hetero) is 1. The van der Waals surface area contributed by atoms with Crippen LogP contribution in [0.2, 0.25) is 0 Å². The molecule has 0 spiro atoms. The molecule has 1 aromatic rings. The summed E-state index contributed by atoms with van der Waals surface area (Å²) in [5.74, 6) is 1.66. The van der Waals surface area contributed by atoms with Crippen molar-refractivity contribution < 1.29 is 19.0 Å². The number of aromatic nitrogens is 1. The van der Waals surface area contributed by atoms with Gasteiger partial charge in [-0.05, 0) is 32.4 Å². The summed E-state index contributed by atoms with van der Waals surface area (Å²) in [7, 11) is 0. The number of hydrogen-bond acceptors (Lipinski definition) is 6. The molecule has 0 aliphatic heterocycles. The maximum absolute atomic E-state index is 10.6. The summed E-state index contributed by atoms with van der Waals surface area (Å²) < 4.78 is 16.2. The van der Waals surface area contributed by atoms with Crippen LogP contribution in [0.4, 0.5) is 5.82 Å².